The fourth-order valence-electron chi connectivity index (χ4n) is 1.57. The van der Waals surface area contributed by atoms with Crippen molar-refractivity contribution < 1.29 is 17.9 Å². The van der Waals surface area contributed by atoms with Gasteiger partial charge in [0, 0.05) is 0 Å². The summed E-state index contributed by atoms with van der Waals surface area (Å²) in [6.45, 7) is 6.65. The minimum atomic E-state index is -3.76. The second-order valence-corrected chi connectivity index (χ2v) is 6.65. The van der Waals surface area contributed by atoms with E-state index in [1.54, 1.807) is 12.1 Å². The van der Waals surface area contributed by atoms with E-state index < -0.39 is 21.5 Å². The molecule has 0 aliphatic carbocycles. The van der Waals surface area contributed by atoms with Gasteiger partial charge in [0.25, 0.3) is 0 Å². The summed E-state index contributed by atoms with van der Waals surface area (Å²) >= 11 is 0. The van der Waals surface area contributed by atoms with Gasteiger partial charge in [-0.25, -0.2) is 8.42 Å². The molecule has 0 unspecified atom stereocenters. The number of benzene rings is 1. The molecule has 0 heterocycles. The number of rotatable bonds is 4. The lowest BCUT2D eigenvalue weighted by Crippen LogP contribution is -2.50. The fraction of sp³-hybridized carbons (Fsp3) is 0.462. The van der Waals surface area contributed by atoms with Crippen LogP contribution in [0.1, 0.15) is 25.0 Å². The summed E-state index contributed by atoms with van der Waals surface area (Å²) in [6, 6.07) is 4.82. The number of sulfonamides is 1. The SMILES string of the molecule is COC(=O)C(C)(C)NS(=O)(=O)c1ccc(C)c(C)c1. The molecule has 0 amide bonds. The van der Waals surface area contributed by atoms with E-state index in [4.69, 9.17) is 0 Å². The highest BCUT2D eigenvalue weighted by Gasteiger charge is 2.34. The van der Waals surface area contributed by atoms with E-state index in [2.05, 4.69) is 9.46 Å². The molecule has 0 aliphatic rings. The van der Waals surface area contributed by atoms with Gasteiger partial charge in [-0.1, -0.05) is 6.07 Å². The Morgan fingerprint density at radius 2 is 1.79 bits per heavy atom. The third-order valence-corrected chi connectivity index (χ3v) is 4.53. The normalized spacial score (nSPS) is 12.3. The van der Waals surface area contributed by atoms with Crippen LogP contribution in [0.15, 0.2) is 23.1 Å². The minimum absolute atomic E-state index is 0.132. The van der Waals surface area contributed by atoms with Crippen molar-refractivity contribution in [3.8, 4) is 0 Å². The molecule has 5 nitrogen and oxygen atoms in total. The molecule has 0 aliphatic heterocycles. The molecule has 0 fully saturated rings. The average Bonchev–Trinajstić information content (AvgIpc) is 2.30. The lowest BCUT2D eigenvalue weighted by Gasteiger charge is -2.23. The van der Waals surface area contributed by atoms with Crippen molar-refractivity contribution >= 4 is 16.0 Å². The first-order valence-electron chi connectivity index (χ1n) is 5.80. The quantitative estimate of drug-likeness (QED) is 0.852. The third-order valence-electron chi connectivity index (χ3n) is 2.87. The van der Waals surface area contributed by atoms with Crippen LogP contribution in [-0.4, -0.2) is 27.0 Å². The highest BCUT2D eigenvalue weighted by Crippen LogP contribution is 2.17. The van der Waals surface area contributed by atoms with Gasteiger partial charge in [-0.05, 0) is 51.0 Å². The predicted molar refractivity (Wildman–Crippen MR) is 72.3 cm³/mol. The highest BCUT2D eigenvalue weighted by atomic mass is 32.2. The average molecular weight is 285 g/mol. The Bertz CT molecular complexity index is 591. The van der Waals surface area contributed by atoms with Crippen LogP contribution in [0.4, 0.5) is 0 Å². The Kier molecular flexibility index (Phi) is 4.37. The van der Waals surface area contributed by atoms with E-state index in [-0.39, 0.29) is 4.90 Å². The molecular weight excluding hydrogens is 266 g/mol. The van der Waals surface area contributed by atoms with Gasteiger partial charge in [-0.3, -0.25) is 4.79 Å². The maximum absolute atomic E-state index is 12.2. The van der Waals surface area contributed by atoms with Gasteiger partial charge < -0.3 is 4.74 Å². The second kappa shape index (κ2) is 5.30. The molecule has 6 heteroatoms. The van der Waals surface area contributed by atoms with E-state index in [9.17, 15) is 13.2 Å². The zero-order chi connectivity index (χ0) is 14.8. The van der Waals surface area contributed by atoms with Crippen molar-refractivity contribution in [2.24, 2.45) is 0 Å². The number of carbonyl (C=O) groups excluding carboxylic acids is 1. The van der Waals surface area contributed by atoms with Crippen LogP contribution in [0, 0.1) is 13.8 Å². The van der Waals surface area contributed by atoms with Crippen LogP contribution in [0.3, 0.4) is 0 Å². The van der Waals surface area contributed by atoms with Gasteiger partial charge in [-0.2, -0.15) is 4.72 Å². The molecular formula is C13H19NO4S. The predicted octanol–water partition coefficient (Wildman–Crippen LogP) is 1.53. The number of hydrogen-bond donors (Lipinski definition) is 1. The molecule has 0 spiro atoms. The van der Waals surface area contributed by atoms with Crippen LogP contribution < -0.4 is 4.72 Å². The van der Waals surface area contributed by atoms with E-state index in [0.717, 1.165) is 11.1 Å². The largest absolute Gasteiger partial charge is 0.468 e. The molecule has 1 N–H and O–H groups in total. The van der Waals surface area contributed by atoms with Crippen LogP contribution in [0.25, 0.3) is 0 Å². The Labute approximate surface area is 114 Å². The van der Waals surface area contributed by atoms with Crippen molar-refractivity contribution in [3.05, 3.63) is 29.3 Å². The Hall–Kier alpha value is -1.40. The molecule has 0 atom stereocenters. The molecule has 0 radical (unpaired) electrons. The molecule has 1 rings (SSSR count). The second-order valence-electron chi connectivity index (χ2n) is 4.97. The maximum atomic E-state index is 12.2. The zero-order valence-corrected chi connectivity index (χ0v) is 12.6. The standard InChI is InChI=1S/C13H19NO4S/c1-9-6-7-11(8-10(9)2)19(16,17)14-13(3,4)12(15)18-5/h6-8,14H,1-5H3. The first-order chi connectivity index (χ1) is 8.60. The summed E-state index contributed by atoms with van der Waals surface area (Å²) in [7, 11) is -2.55. The van der Waals surface area contributed by atoms with Crippen molar-refractivity contribution in [2.75, 3.05) is 7.11 Å². The van der Waals surface area contributed by atoms with Crippen molar-refractivity contribution in [3.63, 3.8) is 0 Å². The molecule has 19 heavy (non-hydrogen) atoms. The monoisotopic (exact) mass is 285 g/mol. The first kappa shape index (κ1) is 15.7. The Morgan fingerprint density at radius 3 is 2.26 bits per heavy atom. The van der Waals surface area contributed by atoms with E-state index in [1.165, 1.54) is 27.0 Å². The van der Waals surface area contributed by atoms with Gasteiger partial charge >= 0.3 is 5.97 Å². The first-order valence-corrected chi connectivity index (χ1v) is 7.28. The van der Waals surface area contributed by atoms with Gasteiger partial charge in [0.15, 0.2) is 0 Å². The Morgan fingerprint density at radius 1 is 1.21 bits per heavy atom. The summed E-state index contributed by atoms with van der Waals surface area (Å²) in [6.07, 6.45) is 0. The van der Waals surface area contributed by atoms with Gasteiger partial charge in [0.05, 0.1) is 12.0 Å². The lowest BCUT2D eigenvalue weighted by atomic mass is 10.1. The lowest BCUT2D eigenvalue weighted by molar-refractivity contribution is -0.146. The smallest absolute Gasteiger partial charge is 0.326 e. The van der Waals surface area contributed by atoms with Crippen LogP contribution >= 0.6 is 0 Å². The van der Waals surface area contributed by atoms with Crippen molar-refractivity contribution in [1.82, 2.24) is 4.72 Å². The Balaban J connectivity index is 3.11. The molecule has 0 bridgehead atoms. The topological polar surface area (TPSA) is 72.5 Å². The van der Waals surface area contributed by atoms with E-state index >= 15 is 0 Å². The van der Waals surface area contributed by atoms with Crippen molar-refractivity contribution in [1.29, 1.82) is 0 Å². The number of carbonyl (C=O) groups is 1. The summed E-state index contributed by atoms with van der Waals surface area (Å²) in [4.78, 5) is 11.6. The number of hydrogen-bond acceptors (Lipinski definition) is 4. The molecule has 106 valence electrons. The number of aryl methyl sites for hydroxylation is 2. The van der Waals surface area contributed by atoms with Crippen LogP contribution in [-0.2, 0) is 19.6 Å². The van der Waals surface area contributed by atoms with Crippen molar-refractivity contribution in [2.45, 2.75) is 38.1 Å². The fourth-order valence-corrected chi connectivity index (χ4v) is 3.02. The zero-order valence-electron chi connectivity index (χ0n) is 11.8. The van der Waals surface area contributed by atoms with E-state index in [0.29, 0.717) is 0 Å². The van der Waals surface area contributed by atoms with E-state index in [1.807, 2.05) is 13.8 Å². The van der Waals surface area contributed by atoms with Crippen LogP contribution in [0.5, 0.6) is 0 Å². The molecule has 0 aromatic heterocycles. The maximum Gasteiger partial charge on any atom is 0.326 e. The molecule has 0 saturated carbocycles. The molecule has 0 saturated heterocycles. The highest BCUT2D eigenvalue weighted by molar-refractivity contribution is 7.89. The molecule has 1 aromatic rings. The summed E-state index contributed by atoms with van der Waals surface area (Å²) in [5.41, 5.74) is 0.566. The summed E-state index contributed by atoms with van der Waals surface area (Å²) in [5.74, 6) is -0.639. The number of methoxy groups -OCH3 is 1. The summed E-state index contributed by atoms with van der Waals surface area (Å²) < 4.78 is 31.3. The molecule has 1 aromatic carbocycles. The number of esters is 1. The van der Waals surface area contributed by atoms with Gasteiger partial charge in [0.1, 0.15) is 5.54 Å². The third kappa shape index (κ3) is 3.54. The minimum Gasteiger partial charge on any atom is -0.468 e. The van der Waals surface area contributed by atoms with Crippen LogP contribution in [0.2, 0.25) is 0 Å². The van der Waals surface area contributed by atoms with Gasteiger partial charge in [0.2, 0.25) is 10.0 Å². The number of nitrogens with one attached hydrogen (secondary N) is 1. The summed E-state index contributed by atoms with van der Waals surface area (Å²) in [5, 5.41) is 0. The van der Waals surface area contributed by atoms with Gasteiger partial charge in [-0.15, -0.1) is 0 Å². The number of ether oxygens (including phenoxy) is 1.